The van der Waals surface area contributed by atoms with Crippen LogP contribution in [0.25, 0.3) is 0 Å². The minimum absolute atomic E-state index is 0.270. The first-order valence-electron chi connectivity index (χ1n) is 6.39. The standard InChI is InChI=1S/C12H17N5O/c13-10(5-9-6-14-7-15-9)12-16-11(17-18-12)8-3-1-2-4-8/h6-8,10H,1-5,13H2,(H,14,15)/t10-/m0/s1. The van der Waals surface area contributed by atoms with Gasteiger partial charge in [-0.05, 0) is 12.8 Å². The fourth-order valence-corrected chi connectivity index (χ4v) is 2.47. The van der Waals surface area contributed by atoms with Crippen LogP contribution in [-0.4, -0.2) is 20.1 Å². The number of hydrogen-bond donors (Lipinski definition) is 2. The van der Waals surface area contributed by atoms with Gasteiger partial charge in [-0.25, -0.2) is 4.98 Å². The summed E-state index contributed by atoms with van der Waals surface area (Å²) >= 11 is 0. The molecule has 0 unspecified atom stereocenters. The predicted octanol–water partition coefficient (Wildman–Crippen LogP) is 1.69. The zero-order valence-electron chi connectivity index (χ0n) is 10.2. The molecule has 0 aliphatic heterocycles. The van der Waals surface area contributed by atoms with Crippen LogP contribution in [0.4, 0.5) is 0 Å². The Bertz CT molecular complexity index is 486. The lowest BCUT2D eigenvalue weighted by Gasteiger charge is -2.04. The number of hydrogen-bond acceptors (Lipinski definition) is 5. The summed E-state index contributed by atoms with van der Waals surface area (Å²) in [4.78, 5) is 11.4. The van der Waals surface area contributed by atoms with Crippen molar-refractivity contribution in [1.29, 1.82) is 0 Å². The third kappa shape index (κ3) is 2.28. The van der Waals surface area contributed by atoms with E-state index in [2.05, 4.69) is 20.1 Å². The van der Waals surface area contributed by atoms with Crippen LogP contribution in [0, 0.1) is 0 Å². The molecule has 2 aromatic heterocycles. The SMILES string of the molecule is N[C@@H](Cc1cnc[nH]1)c1nc(C2CCCC2)no1. The fourth-order valence-electron chi connectivity index (χ4n) is 2.47. The number of imidazole rings is 1. The summed E-state index contributed by atoms with van der Waals surface area (Å²) in [5.41, 5.74) is 7.03. The van der Waals surface area contributed by atoms with Crippen molar-refractivity contribution in [2.24, 2.45) is 5.73 Å². The summed E-state index contributed by atoms with van der Waals surface area (Å²) in [6.45, 7) is 0. The molecule has 0 saturated heterocycles. The van der Waals surface area contributed by atoms with Crippen molar-refractivity contribution in [3.8, 4) is 0 Å². The minimum atomic E-state index is -0.270. The third-order valence-electron chi connectivity index (χ3n) is 3.49. The van der Waals surface area contributed by atoms with Crippen molar-refractivity contribution in [2.75, 3.05) is 0 Å². The van der Waals surface area contributed by atoms with Gasteiger partial charge in [0.15, 0.2) is 5.82 Å². The van der Waals surface area contributed by atoms with Crippen molar-refractivity contribution in [3.05, 3.63) is 29.9 Å². The molecule has 6 heteroatoms. The average Bonchev–Trinajstić information content (AvgIpc) is 3.11. The molecule has 18 heavy (non-hydrogen) atoms. The first-order valence-corrected chi connectivity index (χ1v) is 6.39. The summed E-state index contributed by atoms with van der Waals surface area (Å²) in [5.74, 6) is 1.80. The maximum absolute atomic E-state index is 6.05. The van der Waals surface area contributed by atoms with E-state index in [-0.39, 0.29) is 6.04 Å². The molecule has 1 aliphatic carbocycles. The number of aromatic nitrogens is 4. The third-order valence-corrected chi connectivity index (χ3v) is 3.49. The van der Waals surface area contributed by atoms with Crippen molar-refractivity contribution >= 4 is 0 Å². The monoisotopic (exact) mass is 247 g/mol. The maximum atomic E-state index is 6.05. The second-order valence-corrected chi connectivity index (χ2v) is 4.86. The maximum Gasteiger partial charge on any atom is 0.243 e. The molecule has 1 saturated carbocycles. The van der Waals surface area contributed by atoms with Crippen molar-refractivity contribution in [3.63, 3.8) is 0 Å². The zero-order chi connectivity index (χ0) is 12.4. The Labute approximate surface area is 105 Å². The molecule has 2 aromatic rings. The van der Waals surface area contributed by atoms with Crippen molar-refractivity contribution in [2.45, 2.75) is 44.1 Å². The van der Waals surface area contributed by atoms with E-state index in [1.54, 1.807) is 12.5 Å². The van der Waals surface area contributed by atoms with E-state index in [1.165, 1.54) is 12.8 Å². The highest BCUT2D eigenvalue weighted by molar-refractivity contribution is 5.04. The number of nitrogens with two attached hydrogens (primary N) is 1. The van der Waals surface area contributed by atoms with Crippen LogP contribution in [0.2, 0.25) is 0 Å². The van der Waals surface area contributed by atoms with Crippen LogP contribution in [0.1, 0.15) is 55.1 Å². The van der Waals surface area contributed by atoms with Gasteiger partial charge in [0.1, 0.15) is 0 Å². The van der Waals surface area contributed by atoms with E-state index < -0.39 is 0 Å². The van der Waals surface area contributed by atoms with Gasteiger partial charge in [-0.2, -0.15) is 4.98 Å². The largest absolute Gasteiger partial charge is 0.348 e. The van der Waals surface area contributed by atoms with E-state index >= 15 is 0 Å². The normalized spacial score (nSPS) is 18.3. The highest BCUT2D eigenvalue weighted by Crippen LogP contribution is 2.32. The molecular weight excluding hydrogens is 230 g/mol. The molecule has 0 bridgehead atoms. The van der Waals surface area contributed by atoms with E-state index in [0.717, 1.165) is 24.4 Å². The summed E-state index contributed by atoms with van der Waals surface area (Å²) in [7, 11) is 0. The summed E-state index contributed by atoms with van der Waals surface area (Å²) in [6, 6.07) is -0.270. The lowest BCUT2D eigenvalue weighted by Crippen LogP contribution is -2.14. The molecule has 1 fully saturated rings. The Balaban J connectivity index is 1.68. The lowest BCUT2D eigenvalue weighted by atomic mass is 10.1. The average molecular weight is 247 g/mol. The first-order chi connectivity index (χ1) is 8.83. The Morgan fingerprint density at radius 2 is 2.28 bits per heavy atom. The minimum Gasteiger partial charge on any atom is -0.348 e. The molecule has 3 N–H and O–H groups in total. The summed E-state index contributed by atoms with van der Waals surface area (Å²) in [5, 5.41) is 4.06. The number of nitrogens with zero attached hydrogens (tertiary/aromatic N) is 3. The molecule has 0 radical (unpaired) electrons. The molecule has 0 spiro atoms. The van der Waals surface area contributed by atoms with Gasteiger partial charge in [-0.1, -0.05) is 18.0 Å². The van der Waals surface area contributed by atoms with Gasteiger partial charge in [0.2, 0.25) is 5.89 Å². The highest BCUT2D eigenvalue weighted by Gasteiger charge is 2.24. The van der Waals surface area contributed by atoms with Gasteiger partial charge in [0, 0.05) is 24.2 Å². The molecule has 96 valence electrons. The Morgan fingerprint density at radius 1 is 1.44 bits per heavy atom. The molecule has 2 heterocycles. The van der Waals surface area contributed by atoms with E-state index in [9.17, 15) is 0 Å². The molecule has 1 aliphatic rings. The first kappa shape index (κ1) is 11.4. The van der Waals surface area contributed by atoms with Crippen molar-refractivity contribution < 1.29 is 4.52 Å². The van der Waals surface area contributed by atoms with Gasteiger partial charge in [-0.15, -0.1) is 0 Å². The Kier molecular flexibility index (Phi) is 3.10. The van der Waals surface area contributed by atoms with Gasteiger partial charge < -0.3 is 15.2 Å². The van der Waals surface area contributed by atoms with Crippen molar-refractivity contribution in [1.82, 2.24) is 20.1 Å². The van der Waals surface area contributed by atoms with E-state index in [4.69, 9.17) is 10.3 Å². The topological polar surface area (TPSA) is 93.6 Å². The molecule has 1 atom stereocenters. The second kappa shape index (κ2) is 4.89. The lowest BCUT2D eigenvalue weighted by molar-refractivity contribution is 0.347. The van der Waals surface area contributed by atoms with Crippen LogP contribution in [0.15, 0.2) is 17.0 Å². The van der Waals surface area contributed by atoms with Crippen LogP contribution in [-0.2, 0) is 6.42 Å². The van der Waals surface area contributed by atoms with Crippen LogP contribution < -0.4 is 5.73 Å². The predicted molar refractivity (Wildman–Crippen MR) is 64.7 cm³/mol. The molecule has 0 amide bonds. The van der Waals surface area contributed by atoms with Gasteiger partial charge in [0.05, 0.1) is 12.4 Å². The zero-order valence-corrected chi connectivity index (χ0v) is 10.2. The fraction of sp³-hybridized carbons (Fsp3) is 0.583. The summed E-state index contributed by atoms with van der Waals surface area (Å²) < 4.78 is 5.27. The Hall–Kier alpha value is -1.69. The van der Waals surface area contributed by atoms with Gasteiger partial charge in [-0.3, -0.25) is 0 Å². The number of rotatable bonds is 4. The molecular formula is C12H17N5O. The second-order valence-electron chi connectivity index (χ2n) is 4.86. The van der Waals surface area contributed by atoms with Crippen LogP contribution in [0.5, 0.6) is 0 Å². The smallest absolute Gasteiger partial charge is 0.243 e. The highest BCUT2D eigenvalue weighted by atomic mass is 16.5. The van der Waals surface area contributed by atoms with E-state index in [0.29, 0.717) is 18.2 Å². The van der Waals surface area contributed by atoms with Crippen LogP contribution in [0.3, 0.4) is 0 Å². The summed E-state index contributed by atoms with van der Waals surface area (Å²) in [6.07, 6.45) is 8.87. The Morgan fingerprint density at radius 3 is 3.00 bits per heavy atom. The molecule has 6 nitrogen and oxygen atoms in total. The quantitative estimate of drug-likeness (QED) is 0.857. The molecule has 0 aromatic carbocycles. The van der Waals surface area contributed by atoms with Gasteiger partial charge >= 0.3 is 0 Å². The molecule has 3 rings (SSSR count). The number of H-pyrrole nitrogens is 1. The van der Waals surface area contributed by atoms with Crippen LogP contribution >= 0.6 is 0 Å². The number of aromatic amines is 1. The number of nitrogens with one attached hydrogen (secondary N) is 1. The van der Waals surface area contributed by atoms with E-state index in [1.807, 2.05) is 0 Å². The van der Waals surface area contributed by atoms with Gasteiger partial charge in [0.25, 0.3) is 0 Å².